The van der Waals surface area contributed by atoms with Crippen LogP contribution in [0.5, 0.6) is 0 Å². The van der Waals surface area contributed by atoms with E-state index < -0.39 is 0 Å². The number of hydrogen-bond acceptors (Lipinski definition) is 3. The van der Waals surface area contributed by atoms with Crippen molar-refractivity contribution >= 4 is 11.3 Å². The third-order valence-electron chi connectivity index (χ3n) is 2.76. The zero-order valence-corrected chi connectivity index (χ0v) is 9.89. The van der Waals surface area contributed by atoms with E-state index in [0.717, 1.165) is 24.8 Å². The Morgan fingerprint density at radius 1 is 1.50 bits per heavy atom. The highest BCUT2D eigenvalue weighted by molar-refractivity contribution is 7.09. The second kappa shape index (κ2) is 4.39. The van der Waals surface area contributed by atoms with Gasteiger partial charge < -0.3 is 10.3 Å². The number of nitrogens with one attached hydrogen (secondary N) is 2. The summed E-state index contributed by atoms with van der Waals surface area (Å²) in [6.45, 7) is 0.919. The fourth-order valence-corrected chi connectivity index (χ4v) is 2.41. The third kappa shape index (κ3) is 2.51. The van der Waals surface area contributed by atoms with Crippen molar-refractivity contribution in [3.8, 4) is 0 Å². The van der Waals surface area contributed by atoms with E-state index in [2.05, 4.69) is 32.8 Å². The minimum atomic E-state index is 0.754. The Morgan fingerprint density at radius 2 is 2.44 bits per heavy atom. The summed E-state index contributed by atoms with van der Waals surface area (Å²) in [7, 11) is 0. The predicted octanol–water partition coefficient (Wildman–Crippen LogP) is 2.31. The summed E-state index contributed by atoms with van der Waals surface area (Å²) in [5, 5.41) is 5.58. The lowest BCUT2D eigenvalue weighted by molar-refractivity contribution is 0.676. The zero-order chi connectivity index (χ0) is 10.8. The number of imidazole rings is 1. The molecule has 0 aliphatic heterocycles. The molecule has 0 amide bonds. The summed E-state index contributed by atoms with van der Waals surface area (Å²) in [6, 6.07) is 4.98. The maximum Gasteiger partial charge on any atom is 0.111 e. The van der Waals surface area contributed by atoms with Gasteiger partial charge in [0.25, 0.3) is 0 Å². The van der Waals surface area contributed by atoms with Crippen molar-refractivity contribution in [3.63, 3.8) is 0 Å². The first-order chi connectivity index (χ1) is 7.90. The molecule has 16 heavy (non-hydrogen) atoms. The Morgan fingerprint density at radius 3 is 3.19 bits per heavy atom. The topological polar surface area (TPSA) is 40.7 Å². The van der Waals surface area contributed by atoms with E-state index in [9.17, 15) is 0 Å². The Bertz CT molecular complexity index is 443. The molecule has 1 aliphatic rings. The van der Waals surface area contributed by atoms with Gasteiger partial charge in [0.1, 0.15) is 5.82 Å². The highest BCUT2D eigenvalue weighted by Gasteiger charge is 2.20. The molecule has 1 fully saturated rings. The minimum Gasteiger partial charge on any atom is -0.345 e. The molecule has 1 aliphatic carbocycles. The van der Waals surface area contributed by atoms with Crippen LogP contribution in [0.15, 0.2) is 23.7 Å². The van der Waals surface area contributed by atoms with E-state index in [0.29, 0.717) is 0 Å². The van der Waals surface area contributed by atoms with Gasteiger partial charge in [0.05, 0.1) is 0 Å². The number of aromatic amines is 1. The maximum atomic E-state index is 4.40. The van der Waals surface area contributed by atoms with E-state index in [1.165, 1.54) is 23.4 Å². The van der Waals surface area contributed by atoms with Crippen LogP contribution < -0.4 is 5.32 Å². The molecule has 0 aromatic carbocycles. The molecule has 0 atom stereocenters. The van der Waals surface area contributed by atoms with Gasteiger partial charge in [0, 0.05) is 35.8 Å². The van der Waals surface area contributed by atoms with Crippen LogP contribution in [-0.2, 0) is 13.0 Å². The molecule has 2 heterocycles. The number of hydrogen-bond donors (Lipinski definition) is 2. The molecule has 1 saturated carbocycles. The van der Waals surface area contributed by atoms with Crippen LogP contribution in [-0.4, -0.2) is 16.0 Å². The van der Waals surface area contributed by atoms with Gasteiger partial charge in [-0.1, -0.05) is 6.07 Å². The van der Waals surface area contributed by atoms with Crippen molar-refractivity contribution in [2.75, 3.05) is 0 Å². The molecule has 0 bridgehead atoms. The lowest BCUT2D eigenvalue weighted by Gasteiger charge is -1.98. The summed E-state index contributed by atoms with van der Waals surface area (Å²) < 4.78 is 0. The van der Waals surface area contributed by atoms with Crippen LogP contribution in [0.4, 0.5) is 0 Å². The SMILES string of the molecule is c1csc(Cc2ncc(CNC3CC3)[nH]2)c1. The Labute approximate surface area is 98.9 Å². The van der Waals surface area contributed by atoms with Gasteiger partial charge in [-0.3, -0.25) is 0 Å². The van der Waals surface area contributed by atoms with E-state index in [-0.39, 0.29) is 0 Å². The standard InChI is InChI=1S/C12H15N3S/c1-2-11(16-5-1)6-12-14-8-10(15-12)7-13-9-3-4-9/h1-2,5,8-9,13H,3-4,6-7H2,(H,14,15). The first kappa shape index (κ1) is 10.1. The highest BCUT2D eigenvalue weighted by Crippen LogP contribution is 2.19. The summed E-state index contributed by atoms with van der Waals surface area (Å²) in [6.07, 6.45) is 5.52. The quantitative estimate of drug-likeness (QED) is 0.832. The van der Waals surface area contributed by atoms with Gasteiger partial charge >= 0.3 is 0 Å². The molecule has 2 N–H and O–H groups in total. The van der Waals surface area contributed by atoms with Crippen LogP contribution in [0.25, 0.3) is 0 Å². The van der Waals surface area contributed by atoms with Gasteiger partial charge in [-0.25, -0.2) is 4.98 Å². The number of aromatic nitrogens is 2. The molecule has 3 rings (SSSR count). The summed E-state index contributed by atoms with van der Waals surface area (Å²) in [4.78, 5) is 9.13. The average molecular weight is 233 g/mol. The maximum absolute atomic E-state index is 4.40. The highest BCUT2D eigenvalue weighted by atomic mass is 32.1. The smallest absolute Gasteiger partial charge is 0.111 e. The lowest BCUT2D eigenvalue weighted by atomic mass is 10.3. The summed E-state index contributed by atoms with van der Waals surface area (Å²) in [5.41, 5.74) is 1.19. The molecule has 4 heteroatoms. The molecule has 2 aromatic rings. The molecule has 84 valence electrons. The van der Waals surface area contributed by atoms with Crippen LogP contribution in [0, 0.1) is 0 Å². The van der Waals surface area contributed by atoms with Gasteiger partial charge in [-0.2, -0.15) is 0 Å². The molecule has 0 spiro atoms. The van der Waals surface area contributed by atoms with Crippen LogP contribution >= 0.6 is 11.3 Å². The largest absolute Gasteiger partial charge is 0.345 e. The molecule has 0 saturated heterocycles. The normalized spacial score (nSPS) is 15.5. The Kier molecular flexibility index (Phi) is 2.76. The van der Waals surface area contributed by atoms with Crippen molar-refractivity contribution in [1.82, 2.24) is 15.3 Å². The number of thiophene rings is 1. The average Bonchev–Trinajstić information content (AvgIpc) is 2.78. The Hall–Kier alpha value is -1.13. The third-order valence-corrected chi connectivity index (χ3v) is 3.64. The zero-order valence-electron chi connectivity index (χ0n) is 9.07. The first-order valence-electron chi connectivity index (χ1n) is 5.69. The fraction of sp³-hybridized carbons (Fsp3) is 0.417. The fourth-order valence-electron chi connectivity index (χ4n) is 1.71. The first-order valence-corrected chi connectivity index (χ1v) is 6.56. The lowest BCUT2D eigenvalue weighted by Crippen LogP contribution is -2.15. The predicted molar refractivity (Wildman–Crippen MR) is 65.6 cm³/mol. The van der Waals surface area contributed by atoms with Crippen molar-refractivity contribution in [1.29, 1.82) is 0 Å². The van der Waals surface area contributed by atoms with E-state index in [1.54, 1.807) is 11.3 Å². The molecular weight excluding hydrogens is 218 g/mol. The minimum absolute atomic E-state index is 0.754. The van der Waals surface area contributed by atoms with Crippen molar-refractivity contribution in [2.24, 2.45) is 0 Å². The molecule has 0 unspecified atom stereocenters. The number of H-pyrrole nitrogens is 1. The van der Waals surface area contributed by atoms with Gasteiger partial charge in [-0.15, -0.1) is 11.3 Å². The summed E-state index contributed by atoms with van der Waals surface area (Å²) >= 11 is 1.78. The van der Waals surface area contributed by atoms with E-state index >= 15 is 0 Å². The van der Waals surface area contributed by atoms with Crippen molar-refractivity contribution in [3.05, 3.63) is 40.1 Å². The van der Waals surface area contributed by atoms with Crippen LogP contribution in [0.3, 0.4) is 0 Å². The van der Waals surface area contributed by atoms with Crippen LogP contribution in [0.2, 0.25) is 0 Å². The van der Waals surface area contributed by atoms with Crippen molar-refractivity contribution < 1.29 is 0 Å². The number of rotatable bonds is 5. The van der Waals surface area contributed by atoms with E-state index in [4.69, 9.17) is 0 Å². The molecule has 2 aromatic heterocycles. The summed E-state index contributed by atoms with van der Waals surface area (Å²) in [5.74, 6) is 1.06. The van der Waals surface area contributed by atoms with Gasteiger partial charge in [0.2, 0.25) is 0 Å². The molecule has 3 nitrogen and oxygen atoms in total. The molecular formula is C12H15N3S. The van der Waals surface area contributed by atoms with Crippen molar-refractivity contribution in [2.45, 2.75) is 31.8 Å². The second-order valence-corrected chi connectivity index (χ2v) is 5.30. The molecule has 0 radical (unpaired) electrons. The van der Waals surface area contributed by atoms with Gasteiger partial charge in [0.15, 0.2) is 0 Å². The monoisotopic (exact) mass is 233 g/mol. The van der Waals surface area contributed by atoms with Crippen LogP contribution in [0.1, 0.15) is 29.2 Å². The van der Waals surface area contributed by atoms with E-state index in [1.807, 2.05) is 6.20 Å². The number of nitrogens with zero attached hydrogens (tertiary/aromatic N) is 1. The van der Waals surface area contributed by atoms with Gasteiger partial charge in [-0.05, 0) is 24.3 Å². The second-order valence-electron chi connectivity index (χ2n) is 4.27. The Balaban J connectivity index is 1.58.